The molecule has 0 saturated carbocycles. The van der Waals surface area contributed by atoms with Crippen LogP contribution in [0.25, 0.3) is 17.1 Å². The molecule has 1 fully saturated rings. The van der Waals surface area contributed by atoms with Gasteiger partial charge in [0.25, 0.3) is 5.91 Å². The second-order valence-electron chi connectivity index (χ2n) is 7.07. The summed E-state index contributed by atoms with van der Waals surface area (Å²) in [4.78, 5) is 19.5. The first-order valence-corrected chi connectivity index (χ1v) is 9.16. The summed E-state index contributed by atoms with van der Waals surface area (Å²) in [5.41, 5.74) is 2.79. The van der Waals surface area contributed by atoms with Crippen LogP contribution in [0.2, 0.25) is 0 Å². The number of likely N-dealkylation sites (tertiary alicyclic amines) is 1. The van der Waals surface area contributed by atoms with E-state index < -0.39 is 0 Å². The van der Waals surface area contributed by atoms with E-state index in [1.807, 2.05) is 37.3 Å². The molecule has 0 radical (unpaired) electrons. The smallest absolute Gasteiger partial charge is 0.291 e. The maximum Gasteiger partial charge on any atom is 0.291 e. The Balaban J connectivity index is 1.63. The summed E-state index contributed by atoms with van der Waals surface area (Å²) >= 11 is 0. The topological polar surface area (TPSA) is 76.2 Å². The van der Waals surface area contributed by atoms with E-state index in [0.29, 0.717) is 5.82 Å². The van der Waals surface area contributed by atoms with Crippen LogP contribution in [0, 0.1) is 6.92 Å². The minimum atomic E-state index is -0.236. The molecule has 3 aromatic rings. The van der Waals surface area contributed by atoms with Crippen molar-refractivity contribution in [3.63, 3.8) is 0 Å². The van der Waals surface area contributed by atoms with E-state index in [1.54, 1.807) is 17.2 Å². The summed E-state index contributed by atoms with van der Waals surface area (Å²) < 4.78 is 6.88. The van der Waals surface area contributed by atoms with Gasteiger partial charge in [-0.3, -0.25) is 4.79 Å². The molecule has 27 heavy (non-hydrogen) atoms. The van der Waals surface area contributed by atoms with Crippen LogP contribution < -0.4 is 5.32 Å². The SMILES string of the molecule is Cc1ccc(-n2nc(C(=O)NC3CCN(C)CC3)nc2-c2ccoc2)cc1. The molecule has 0 aliphatic carbocycles. The molecule has 1 aliphatic rings. The van der Waals surface area contributed by atoms with Gasteiger partial charge in [0.05, 0.1) is 17.5 Å². The third-order valence-corrected chi connectivity index (χ3v) is 4.92. The largest absolute Gasteiger partial charge is 0.472 e. The van der Waals surface area contributed by atoms with Crippen LogP contribution in [0.15, 0.2) is 47.3 Å². The number of amides is 1. The molecule has 4 rings (SSSR count). The third-order valence-electron chi connectivity index (χ3n) is 4.92. The number of benzene rings is 1. The number of furan rings is 1. The van der Waals surface area contributed by atoms with Crippen LogP contribution in [0.1, 0.15) is 29.0 Å². The maximum absolute atomic E-state index is 12.7. The number of carbonyl (C=O) groups excluding carboxylic acids is 1. The highest BCUT2D eigenvalue weighted by atomic mass is 16.3. The number of aryl methyl sites for hydroxylation is 1. The van der Waals surface area contributed by atoms with E-state index in [9.17, 15) is 4.79 Å². The Morgan fingerprint density at radius 2 is 1.93 bits per heavy atom. The predicted octanol–water partition coefficient (Wildman–Crippen LogP) is 2.66. The van der Waals surface area contributed by atoms with Gasteiger partial charge in [0.1, 0.15) is 6.26 Å². The molecular formula is C20H23N5O2. The summed E-state index contributed by atoms with van der Waals surface area (Å²) in [7, 11) is 2.10. The predicted molar refractivity (Wildman–Crippen MR) is 102 cm³/mol. The van der Waals surface area contributed by atoms with E-state index in [1.165, 1.54) is 0 Å². The van der Waals surface area contributed by atoms with Crippen molar-refractivity contribution in [3.05, 3.63) is 54.2 Å². The van der Waals surface area contributed by atoms with Crippen LogP contribution in [0.5, 0.6) is 0 Å². The first-order valence-electron chi connectivity index (χ1n) is 9.16. The summed E-state index contributed by atoms with van der Waals surface area (Å²) in [6, 6.07) is 9.92. The number of nitrogens with zero attached hydrogens (tertiary/aromatic N) is 4. The molecule has 1 N–H and O–H groups in total. The van der Waals surface area contributed by atoms with E-state index in [0.717, 1.165) is 42.7 Å². The molecular weight excluding hydrogens is 342 g/mol. The zero-order valence-electron chi connectivity index (χ0n) is 15.6. The van der Waals surface area contributed by atoms with Crippen molar-refractivity contribution in [1.29, 1.82) is 0 Å². The molecule has 140 valence electrons. The van der Waals surface area contributed by atoms with Crippen LogP contribution >= 0.6 is 0 Å². The molecule has 7 nitrogen and oxygen atoms in total. The maximum atomic E-state index is 12.7. The second kappa shape index (κ2) is 7.36. The Morgan fingerprint density at radius 3 is 2.59 bits per heavy atom. The molecule has 1 amide bonds. The molecule has 2 aromatic heterocycles. The van der Waals surface area contributed by atoms with Crippen LogP contribution in [-0.4, -0.2) is 51.8 Å². The fourth-order valence-electron chi connectivity index (χ4n) is 3.26. The van der Waals surface area contributed by atoms with Gasteiger partial charge in [0.15, 0.2) is 5.82 Å². The van der Waals surface area contributed by atoms with Gasteiger partial charge >= 0.3 is 0 Å². The Hall–Kier alpha value is -2.93. The monoisotopic (exact) mass is 365 g/mol. The first-order chi connectivity index (χ1) is 13.1. The lowest BCUT2D eigenvalue weighted by Gasteiger charge is -2.29. The number of nitrogens with one attached hydrogen (secondary N) is 1. The Kier molecular flexibility index (Phi) is 4.77. The molecule has 1 saturated heterocycles. The lowest BCUT2D eigenvalue weighted by molar-refractivity contribution is 0.0906. The van der Waals surface area contributed by atoms with Gasteiger partial charge in [-0.15, -0.1) is 5.10 Å². The van der Waals surface area contributed by atoms with Gasteiger partial charge in [-0.25, -0.2) is 9.67 Å². The summed E-state index contributed by atoms with van der Waals surface area (Å²) in [6.07, 6.45) is 5.07. The molecule has 3 heterocycles. The quantitative estimate of drug-likeness (QED) is 0.769. The van der Waals surface area contributed by atoms with Crippen LogP contribution in [-0.2, 0) is 0 Å². The molecule has 0 unspecified atom stereocenters. The van der Waals surface area contributed by atoms with Gasteiger partial charge in [-0.05, 0) is 58.1 Å². The fourth-order valence-corrected chi connectivity index (χ4v) is 3.26. The fraction of sp³-hybridized carbons (Fsp3) is 0.350. The van der Waals surface area contributed by atoms with Crippen molar-refractivity contribution in [2.45, 2.75) is 25.8 Å². The standard InChI is InChI=1S/C20H23N5O2/c1-14-3-5-17(6-4-14)25-19(15-9-12-27-13-15)22-18(23-25)20(26)21-16-7-10-24(2)11-8-16/h3-6,9,12-13,16H,7-8,10-11H2,1-2H3,(H,21,26). The van der Waals surface area contributed by atoms with Crippen molar-refractivity contribution in [3.8, 4) is 17.1 Å². The third kappa shape index (κ3) is 3.78. The number of carbonyl (C=O) groups is 1. The van der Waals surface area contributed by atoms with E-state index >= 15 is 0 Å². The number of hydrogen-bond donors (Lipinski definition) is 1. The van der Waals surface area contributed by atoms with Gasteiger partial charge in [-0.1, -0.05) is 17.7 Å². The Morgan fingerprint density at radius 1 is 1.19 bits per heavy atom. The normalized spacial score (nSPS) is 15.8. The Labute approximate surface area is 158 Å². The van der Waals surface area contributed by atoms with Gasteiger partial charge in [0, 0.05) is 6.04 Å². The summed E-state index contributed by atoms with van der Waals surface area (Å²) in [5, 5.41) is 7.56. The zero-order valence-corrected chi connectivity index (χ0v) is 15.6. The molecule has 0 spiro atoms. The van der Waals surface area contributed by atoms with E-state index in [2.05, 4.69) is 27.3 Å². The van der Waals surface area contributed by atoms with Crippen molar-refractivity contribution in [1.82, 2.24) is 25.0 Å². The minimum Gasteiger partial charge on any atom is -0.472 e. The van der Waals surface area contributed by atoms with E-state index in [-0.39, 0.29) is 17.8 Å². The average Bonchev–Trinajstić information content (AvgIpc) is 3.33. The minimum absolute atomic E-state index is 0.164. The van der Waals surface area contributed by atoms with Crippen molar-refractivity contribution < 1.29 is 9.21 Å². The highest BCUT2D eigenvalue weighted by Gasteiger charge is 2.23. The molecule has 7 heteroatoms. The van der Waals surface area contributed by atoms with Crippen LogP contribution in [0.4, 0.5) is 0 Å². The molecule has 1 aliphatic heterocycles. The van der Waals surface area contributed by atoms with Crippen LogP contribution in [0.3, 0.4) is 0 Å². The number of piperidine rings is 1. The van der Waals surface area contributed by atoms with E-state index in [4.69, 9.17) is 4.42 Å². The van der Waals surface area contributed by atoms with Crippen molar-refractivity contribution >= 4 is 5.91 Å². The zero-order chi connectivity index (χ0) is 18.8. The summed E-state index contributed by atoms with van der Waals surface area (Å²) in [5.74, 6) is 0.520. The molecule has 0 atom stereocenters. The first kappa shape index (κ1) is 17.5. The van der Waals surface area contributed by atoms with Crippen molar-refractivity contribution in [2.75, 3.05) is 20.1 Å². The van der Waals surface area contributed by atoms with Gasteiger partial charge < -0.3 is 14.6 Å². The lowest BCUT2D eigenvalue weighted by atomic mass is 10.1. The van der Waals surface area contributed by atoms with Gasteiger partial charge in [-0.2, -0.15) is 0 Å². The highest BCUT2D eigenvalue weighted by molar-refractivity contribution is 5.91. The summed E-state index contributed by atoms with van der Waals surface area (Å²) in [6.45, 7) is 4.00. The second-order valence-corrected chi connectivity index (χ2v) is 7.07. The lowest BCUT2D eigenvalue weighted by Crippen LogP contribution is -2.43. The number of rotatable bonds is 4. The average molecular weight is 365 g/mol. The molecule has 0 bridgehead atoms. The van der Waals surface area contributed by atoms with Crippen molar-refractivity contribution in [2.24, 2.45) is 0 Å². The number of aromatic nitrogens is 3. The Bertz CT molecular complexity index is 907. The molecule has 1 aromatic carbocycles. The number of hydrogen-bond acceptors (Lipinski definition) is 5. The highest BCUT2D eigenvalue weighted by Crippen LogP contribution is 2.22. The van der Waals surface area contributed by atoms with Gasteiger partial charge in [0.2, 0.25) is 5.82 Å².